The fourth-order valence-corrected chi connectivity index (χ4v) is 2.30. The summed E-state index contributed by atoms with van der Waals surface area (Å²) in [6.45, 7) is 2.32. The lowest BCUT2D eigenvalue weighted by Crippen LogP contribution is -2.22. The molecule has 1 heteroatoms. The maximum atomic E-state index is 3.38. The predicted octanol–water partition coefficient (Wildman–Crippen LogP) is 2.84. The van der Waals surface area contributed by atoms with Crippen LogP contribution in [0.5, 0.6) is 0 Å². The molecule has 1 aliphatic carbocycles. The fourth-order valence-electron chi connectivity index (χ4n) is 2.30. The van der Waals surface area contributed by atoms with Crippen LogP contribution in [0.4, 0.5) is 0 Å². The van der Waals surface area contributed by atoms with Crippen LogP contribution in [0.15, 0.2) is 24.3 Å². The highest BCUT2D eigenvalue weighted by molar-refractivity contribution is 5.34. The Balaban J connectivity index is 2.42. The van der Waals surface area contributed by atoms with Crippen molar-refractivity contribution in [3.63, 3.8) is 0 Å². The first-order valence-electron chi connectivity index (χ1n) is 5.09. The van der Waals surface area contributed by atoms with Gasteiger partial charge in [0.25, 0.3) is 0 Å². The summed E-state index contributed by atoms with van der Waals surface area (Å²) >= 11 is 0. The Morgan fingerprint density at radius 2 is 1.85 bits per heavy atom. The number of rotatable bonds is 1. The Morgan fingerprint density at radius 1 is 1.15 bits per heavy atom. The number of nitrogens with one attached hydrogen (secondary N) is 1. The van der Waals surface area contributed by atoms with E-state index in [1.54, 1.807) is 0 Å². The van der Waals surface area contributed by atoms with E-state index in [2.05, 4.69) is 43.6 Å². The number of fused-ring (bicyclic) bond motifs is 1. The minimum Gasteiger partial charge on any atom is -0.313 e. The lowest BCUT2D eigenvalue weighted by molar-refractivity contribution is 0.460. The molecule has 0 heterocycles. The molecule has 2 unspecified atom stereocenters. The minimum absolute atomic E-state index is 0.576. The number of benzene rings is 1. The van der Waals surface area contributed by atoms with Crippen molar-refractivity contribution in [2.45, 2.75) is 31.7 Å². The molecule has 70 valence electrons. The van der Waals surface area contributed by atoms with Gasteiger partial charge in [-0.05, 0) is 36.9 Å². The maximum Gasteiger partial charge on any atom is 0.0320 e. The van der Waals surface area contributed by atoms with Crippen LogP contribution in [-0.4, -0.2) is 7.05 Å². The van der Waals surface area contributed by atoms with Crippen molar-refractivity contribution in [2.24, 2.45) is 0 Å². The molecule has 2 atom stereocenters. The zero-order valence-corrected chi connectivity index (χ0v) is 8.38. The standard InChI is InChI=1S/C12H17N/c1-9-7-8-12(13-2)11-6-4-3-5-10(9)11/h3-6,9,12-13H,7-8H2,1-2H3. The normalized spacial score (nSPS) is 26.9. The molecule has 0 amide bonds. The van der Waals surface area contributed by atoms with Crippen LogP contribution < -0.4 is 5.32 Å². The highest BCUT2D eigenvalue weighted by Crippen LogP contribution is 2.36. The van der Waals surface area contributed by atoms with E-state index in [-0.39, 0.29) is 0 Å². The molecule has 0 spiro atoms. The second-order valence-corrected chi connectivity index (χ2v) is 3.95. The molecule has 0 aromatic heterocycles. The first-order chi connectivity index (χ1) is 6.33. The van der Waals surface area contributed by atoms with Crippen LogP contribution in [0.25, 0.3) is 0 Å². The minimum atomic E-state index is 0.576. The smallest absolute Gasteiger partial charge is 0.0320 e. The average molecular weight is 175 g/mol. The van der Waals surface area contributed by atoms with E-state index in [0.717, 1.165) is 5.92 Å². The predicted molar refractivity (Wildman–Crippen MR) is 55.9 cm³/mol. The van der Waals surface area contributed by atoms with Gasteiger partial charge >= 0.3 is 0 Å². The second-order valence-electron chi connectivity index (χ2n) is 3.95. The molecule has 13 heavy (non-hydrogen) atoms. The quantitative estimate of drug-likeness (QED) is 0.692. The van der Waals surface area contributed by atoms with Gasteiger partial charge in [-0.1, -0.05) is 31.2 Å². The first kappa shape index (κ1) is 8.76. The summed E-state index contributed by atoms with van der Waals surface area (Å²) in [6, 6.07) is 9.39. The van der Waals surface area contributed by atoms with Crippen LogP contribution in [0.3, 0.4) is 0 Å². The van der Waals surface area contributed by atoms with Gasteiger partial charge in [0.05, 0.1) is 0 Å². The topological polar surface area (TPSA) is 12.0 Å². The van der Waals surface area contributed by atoms with Gasteiger partial charge in [0.1, 0.15) is 0 Å². The van der Waals surface area contributed by atoms with E-state index in [4.69, 9.17) is 0 Å². The molecular weight excluding hydrogens is 158 g/mol. The summed E-state index contributed by atoms with van der Waals surface area (Å²) in [5, 5.41) is 3.38. The summed E-state index contributed by atoms with van der Waals surface area (Å²) in [7, 11) is 2.05. The molecule has 1 aromatic rings. The average Bonchev–Trinajstić information content (AvgIpc) is 2.19. The van der Waals surface area contributed by atoms with Gasteiger partial charge in [-0.25, -0.2) is 0 Å². The maximum absolute atomic E-state index is 3.38. The lowest BCUT2D eigenvalue weighted by Gasteiger charge is -2.29. The van der Waals surface area contributed by atoms with Gasteiger partial charge < -0.3 is 5.32 Å². The van der Waals surface area contributed by atoms with Gasteiger partial charge in [0.15, 0.2) is 0 Å². The van der Waals surface area contributed by atoms with E-state index in [1.165, 1.54) is 24.0 Å². The van der Waals surface area contributed by atoms with Crippen LogP contribution in [-0.2, 0) is 0 Å². The van der Waals surface area contributed by atoms with Crippen LogP contribution in [0, 0.1) is 0 Å². The van der Waals surface area contributed by atoms with E-state index in [9.17, 15) is 0 Å². The zero-order valence-electron chi connectivity index (χ0n) is 8.38. The number of hydrogen-bond donors (Lipinski definition) is 1. The zero-order chi connectivity index (χ0) is 9.26. The Bertz CT molecular complexity index is 293. The van der Waals surface area contributed by atoms with Crippen molar-refractivity contribution in [2.75, 3.05) is 7.05 Å². The largest absolute Gasteiger partial charge is 0.313 e. The molecule has 2 rings (SSSR count). The van der Waals surface area contributed by atoms with Crippen molar-refractivity contribution in [1.29, 1.82) is 0 Å². The Morgan fingerprint density at radius 3 is 2.54 bits per heavy atom. The first-order valence-corrected chi connectivity index (χ1v) is 5.09. The molecule has 0 saturated carbocycles. The summed E-state index contributed by atoms with van der Waals surface area (Å²) in [5.41, 5.74) is 3.04. The van der Waals surface area contributed by atoms with Crippen molar-refractivity contribution in [3.8, 4) is 0 Å². The number of hydrogen-bond acceptors (Lipinski definition) is 1. The van der Waals surface area contributed by atoms with E-state index >= 15 is 0 Å². The second kappa shape index (κ2) is 3.51. The molecule has 1 aromatic carbocycles. The molecule has 0 radical (unpaired) electrons. The Labute approximate surface area is 80.2 Å². The molecule has 0 aliphatic heterocycles. The van der Waals surface area contributed by atoms with E-state index in [0.29, 0.717) is 6.04 Å². The third-order valence-corrected chi connectivity index (χ3v) is 3.14. The van der Waals surface area contributed by atoms with Gasteiger partial charge in [0.2, 0.25) is 0 Å². The lowest BCUT2D eigenvalue weighted by atomic mass is 9.81. The molecule has 0 saturated heterocycles. The van der Waals surface area contributed by atoms with Gasteiger partial charge in [0, 0.05) is 6.04 Å². The molecule has 1 aliphatic rings. The summed E-state index contributed by atoms with van der Waals surface area (Å²) < 4.78 is 0. The van der Waals surface area contributed by atoms with Gasteiger partial charge in [-0.15, -0.1) is 0 Å². The van der Waals surface area contributed by atoms with Crippen LogP contribution in [0.2, 0.25) is 0 Å². The van der Waals surface area contributed by atoms with Crippen molar-refractivity contribution in [1.82, 2.24) is 5.32 Å². The third kappa shape index (κ3) is 1.49. The molecule has 1 nitrogen and oxygen atoms in total. The summed E-state index contributed by atoms with van der Waals surface area (Å²) in [6.07, 6.45) is 2.58. The van der Waals surface area contributed by atoms with Crippen molar-refractivity contribution < 1.29 is 0 Å². The molecular formula is C12H17N. The van der Waals surface area contributed by atoms with Gasteiger partial charge in [-0.3, -0.25) is 0 Å². The SMILES string of the molecule is CNC1CCC(C)c2ccccc21. The summed E-state index contributed by atoms with van der Waals surface area (Å²) in [5.74, 6) is 0.737. The highest BCUT2D eigenvalue weighted by Gasteiger charge is 2.22. The molecule has 1 N–H and O–H groups in total. The van der Waals surface area contributed by atoms with Gasteiger partial charge in [-0.2, -0.15) is 0 Å². The summed E-state index contributed by atoms with van der Waals surface area (Å²) in [4.78, 5) is 0. The van der Waals surface area contributed by atoms with Crippen molar-refractivity contribution in [3.05, 3.63) is 35.4 Å². The highest BCUT2D eigenvalue weighted by atomic mass is 14.9. The molecule has 0 fully saturated rings. The van der Waals surface area contributed by atoms with E-state index < -0.39 is 0 Å². The Kier molecular flexibility index (Phi) is 2.36. The van der Waals surface area contributed by atoms with Crippen molar-refractivity contribution >= 4 is 0 Å². The van der Waals surface area contributed by atoms with Crippen LogP contribution >= 0.6 is 0 Å². The monoisotopic (exact) mass is 175 g/mol. The Hall–Kier alpha value is -0.820. The molecule has 0 bridgehead atoms. The van der Waals surface area contributed by atoms with E-state index in [1.807, 2.05) is 0 Å². The third-order valence-electron chi connectivity index (χ3n) is 3.14. The van der Waals surface area contributed by atoms with Crippen LogP contribution in [0.1, 0.15) is 42.9 Å². The fraction of sp³-hybridized carbons (Fsp3) is 0.500.